The zero-order valence-electron chi connectivity index (χ0n) is 22.9. The molecule has 1 fully saturated rings. The second-order valence-corrected chi connectivity index (χ2v) is 10.5. The van der Waals surface area contributed by atoms with E-state index < -0.39 is 0 Å². The summed E-state index contributed by atoms with van der Waals surface area (Å²) in [5, 5.41) is 3.01. The van der Waals surface area contributed by atoms with Gasteiger partial charge in [0.1, 0.15) is 12.4 Å². The molecular weight excluding hydrogens is 484 g/mol. The number of rotatable bonds is 5. The normalized spacial score (nSPS) is 24.1. The zero-order chi connectivity index (χ0) is 27.1. The number of amides is 2. The summed E-state index contributed by atoms with van der Waals surface area (Å²) in [7, 11) is 3.48. The van der Waals surface area contributed by atoms with Crippen LogP contribution in [0.25, 0.3) is 0 Å². The quantitative estimate of drug-likeness (QED) is 0.640. The molecule has 2 aliphatic heterocycles. The Labute approximate surface area is 225 Å². The van der Waals surface area contributed by atoms with Crippen LogP contribution in [0.1, 0.15) is 42.6 Å². The molecular formula is C29H40N4O5. The Hall–Kier alpha value is -3.01. The van der Waals surface area contributed by atoms with Gasteiger partial charge in [0.25, 0.3) is 5.91 Å². The predicted molar refractivity (Wildman–Crippen MR) is 145 cm³/mol. The monoisotopic (exact) mass is 524 g/mol. The van der Waals surface area contributed by atoms with Gasteiger partial charge >= 0.3 is 0 Å². The molecule has 3 heterocycles. The minimum atomic E-state index is -0.142. The molecule has 0 aliphatic carbocycles. The number of hydrogen-bond donors (Lipinski definition) is 1. The van der Waals surface area contributed by atoms with E-state index in [-0.39, 0.29) is 35.8 Å². The van der Waals surface area contributed by atoms with Gasteiger partial charge in [-0.05, 0) is 49.4 Å². The third kappa shape index (κ3) is 7.09. The van der Waals surface area contributed by atoms with Gasteiger partial charge in [0.05, 0.1) is 11.7 Å². The number of hydrogen-bond acceptors (Lipinski definition) is 7. The summed E-state index contributed by atoms with van der Waals surface area (Å²) < 4.78 is 17.5. The van der Waals surface area contributed by atoms with E-state index in [1.54, 1.807) is 43.5 Å². The molecule has 0 spiro atoms. The lowest BCUT2D eigenvalue weighted by Crippen LogP contribution is -2.46. The number of fused-ring (bicyclic) bond motifs is 1. The Morgan fingerprint density at radius 3 is 2.68 bits per heavy atom. The summed E-state index contributed by atoms with van der Waals surface area (Å²) in [6, 6.07) is 9.34. The highest BCUT2D eigenvalue weighted by molar-refractivity contribution is 5.98. The van der Waals surface area contributed by atoms with Crippen LogP contribution in [0.5, 0.6) is 5.75 Å². The minimum Gasteiger partial charge on any atom is -0.491 e. The van der Waals surface area contributed by atoms with Crippen LogP contribution in [0.3, 0.4) is 0 Å². The average Bonchev–Trinajstić information content (AvgIpc) is 2.94. The molecule has 2 aliphatic rings. The maximum Gasteiger partial charge on any atom is 0.257 e. The fourth-order valence-corrected chi connectivity index (χ4v) is 5.08. The summed E-state index contributed by atoms with van der Waals surface area (Å²) in [6.45, 7) is 7.81. The van der Waals surface area contributed by atoms with Gasteiger partial charge in [0, 0.05) is 83.1 Å². The van der Waals surface area contributed by atoms with E-state index in [1.165, 1.54) is 0 Å². The summed E-state index contributed by atoms with van der Waals surface area (Å²) in [4.78, 5) is 34.6. The molecule has 3 atom stereocenters. The van der Waals surface area contributed by atoms with E-state index in [4.69, 9.17) is 14.2 Å². The first kappa shape index (κ1) is 28.0. The van der Waals surface area contributed by atoms with Crippen molar-refractivity contribution < 1.29 is 23.8 Å². The lowest BCUT2D eigenvalue weighted by molar-refractivity contribution is -0.122. The highest BCUT2D eigenvalue weighted by Gasteiger charge is 2.29. The molecule has 0 unspecified atom stereocenters. The van der Waals surface area contributed by atoms with Crippen LogP contribution in [0.2, 0.25) is 0 Å². The molecule has 0 radical (unpaired) electrons. The predicted octanol–water partition coefficient (Wildman–Crippen LogP) is 3.45. The van der Waals surface area contributed by atoms with Crippen LogP contribution in [0.4, 0.5) is 5.69 Å². The fourth-order valence-electron chi connectivity index (χ4n) is 5.08. The van der Waals surface area contributed by atoms with Gasteiger partial charge in [0.2, 0.25) is 5.91 Å². The van der Waals surface area contributed by atoms with Crippen molar-refractivity contribution in [2.24, 2.45) is 11.8 Å². The van der Waals surface area contributed by atoms with Gasteiger partial charge in [-0.1, -0.05) is 13.0 Å². The number of carbonyl (C=O) groups excluding carboxylic acids is 2. The molecule has 206 valence electrons. The molecule has 1 aromatic heterocycles. The number of benzene rings is 1. The van der Waals surface area contributed by atoms with Crippen molar-refractivity contribution in [1.82, 2.24) is 14.8 Å². The lowest BCUT2D eigenvalue weighted by Gasteiger charge is -2.36. The molecule has 4 rings (SSSR count). The van der Waals surface area contributed by atoms with Gasteiger partial charge in [-0.25, -0.2) is 0 Å². The zero-order valence-corrected chi connectivity index (χ0v) is 22.9. The summed E-state index contributed by atoms with van der Waals surface area (Å²) >= 11 is 0. The van der Waals surface area contributed by atoms with Crippen molar-refractivity contribution in [3.05, 3.63) is 53.9 Å². The third-order valence-electron chi connectivity index (χ3n) is 7.54. The number of pyridine rings is 1. The first-order valence-corrected chi connectivity index (χ1v) is 13.4. The maximum atomic E-state index is 13.5. The molecule has 0 saturated carbocycles. The molecule has 1 aromatic carbocycles. The van der Waals surface area contributed by atoms with Crippen molar-refractivity contribution in [2.75, 3.05) is 52.4 Å². The van der Waals surface area contributed by atoms with Crippen LogP contribution >= 0.6 is 0 Å². The van der Waals surface area contributed by atoms with Crippen molar-refractivity contribution >= 4 is 17.5 Å². The summed E-state index contributed by atoms with van der Waals surface area (Å²) in [5.74, 6) is 0.390. The number of anilines is 1. The standard InChI is InChI=1S/C29H40N4O5/c1-20-16-33(17-22-6-5-11-30-15-22)21(2)19-38-26-14-24(31-28(34)23-9-12-37-13-10-23)7-8-25(26)29(35)32(3)18-27(20)36-4/h5-8,11,14-15,20-21,23,27H,9-10,12-13,16-19H2,1-4H3,(H,31,34)/t20-,21+,27-/m0/s1. The second-order valence-electron chi connectivity index (χ2n) is 10.5. The Morgan fingerprint density at radius 2 is 1.97 bits per heavy atom. The van der Waals surface area contributed by atoms with Crippen molar-refractivity contribution in [1.29, 1.82) is 0 Å². The van der Waals surface area contributed by atoms with E-state index in [0.717, 1.165) is 18.7 Å². The van der Waals surface area contributed by atoms with Crippen LogP contribution in [0.15, 0.2) is 42.7 Å². The van der Waals surface area contributed by atoms with Gasteiger partial charge < -0.3 is 24.4 Å². The van der Waals surface area contributed by atoms with E-state index in [0.29, 0.717) is 56.2 Å². The number of likely N-dealkylation sites (N-methyl/N-ethyl adjacent to an activating group) is 1. The summed E-state index contributed by atoms with van der Waals surface area (Å²) in [6.07, 6.45) is 4.95. The molecule has 1 saturated heterocycles. The van der Waals surface area contributed by atoms with E-state index in [1.807, 2.05) is 12.3 Å². The highest BCUT2D eigenvalue weighted by atomic mass is 16.5. The number of carbonyl (C=O) groups is 2. The largest absolute Gasteiger partial charge is 0.491 e. The Morgan fingerprint density at radius 1 is 1.18 bits per heavy atom. The Balaban J connectivity index is 1.59. The molecule has 38 heavy (non-hydrogen) atoms. The first-order valence-electron chi connectivity index (χ1n) is 13.4. The molecule has 2 aromatic rings. The smallest absolute Gasteiger partial charge is 0.257 e. The summed E-state index contributed by atoms with van der Waals surface area (Å²) in [5.41, 5.74) is 2.20. The number of nitrogens with one attached hydrogen (secondary N) is 1. The van der Waals surface area contributed by atoms with Gasteiger partial charge in [-0.15, -0.1) is 0 Å². The van der Waals surface area contributed by atoms with Crippen molar-refractivity contribution in [2.45, 2.75) is 45.4 Å². The number of nitrogens with zero attached hydrogens (tertiary/aromatic N) is 3. The van der Waals surface area contributed by atoms with Crippen molar-refractivity contribution in [3.63, 3.8) is 0 Å². The van der Waals surface area contributed by atoms with E-state index in [2.05, 4.69) is 35.1 Å². The van der Waals surface area contributed by atoms with Gasteiger partial charge in [-0.3, -0.25) is 19.5 Å². The Bertz CT molecular complexity index is 1080. The minimum absolute atomic E-state index is 0.0298. The molecule has 9 nitrogen and oxygen atoms in total. The van der Waals surface area contributed by atoms with Crippen LogP contribution in [0, 0.1) is 11.8 Å². The third-order valence-corrected chi connectivity index (χ3v) is 7.54. The van der Waals surface area contributed by atoms with Crippen LogP contribution in [-0.4, -0.2) is 85.8 Å². The highest BCUT2D eigenvalue weighted by Crippen LogP contribution is 2.28. The van der Waals surface area contributed by atoms with Crippen LogP contribution < -0.4 is 10.1 Å². The molecule has 9 heteroatoms. The fraction of sp³-hybridized carbons (Fsp3) is 0.552. The number of ether oxygens (including phenoxy) is 3. The number of methoxy groups -OCH3 is 1. The lowest BCUT2D eigenvalue weighted by atomic mass is 9.99. The van der Waals surface area contributed by atoms with Crippen LogP contribution in [-0.2, 0) is 20.8 Å². The second kappa shape index (κ2) is 13.2. The van der Waals surface area contributed by atoms with Crippen molar-refractivity contribution in [3.8, 4) is 5.75 Å². The topological polar surface area (TPSA) is 93.2 Å². The average molecular weight is 525 g/mol. The maximum absolute atomic E-state index is 13.5. The van der Waals surface area contributed by atoms with Gasteiger partial charge in [-0.2, -0.15) is 0 Å². The van der Waals surface area contributed by atoms with Gasteiger partial charge in [0.15, 0.2) is 0 Å². The first-order chi connectivity index (χ1) is 18.4. The SMILES string of the molecule is CO[C@H]1CN(C)C(=O)c2ccc(NC(=O)C3CCOCC3)cc2OC[C@@H](C)N(Cc2cccnc2)C[C@@H]1C. The van der Waals surface area contributed by atoms with E-state index >= 15 is 0 Å². The molecule has 2 amide bonds. The number of aromatic nitrogens is 1. The molecule has 0 bridgehead atoms. The molecule has 1 N–H and O–H groups in total. The Kier molecular flexibility index (Phi) is 9.71. The van der Waals surface area contributed by atoms with E-state index in [9.17, 15) is 9.59 Å².